The largest absolute Gasteiger partial charge is 0.318 e. The molecule has 3 N–H and O–H groups in total. The molecule has 0 aromatic carbocycles. The molecule has 0 radical (unpaired) electrons. The van der Waals surface area contributed by atoms with Gasteiger partial charge in [0.15, 0.2) is 0 Å². The van der Waals surface area contributed by atoms with Crippen LogP contribution in [0.3, 0.4) is 0 Å². The number of amides is 1. The van der Waals surface area contributed by atoms with Gasteiger partial charge in [-0.25, -0.2) is 5.01 Å². The summed E-state index contributed by atoms with van der Waals surface area (Å²) in [6, 6.07) is 0. The molecular weight excluding hydrogens is 204 g/mol. The molecule has 1 aliphatic heterocycles. The van der Waals surface area contributed by atoms with Crippen LogP contribution in [0.5, 0.6) is 0 Å². The Labute approximate surface area is 97.9 Å². The Morgan fingerprint density at radius 2 is 1.94 bits per heavy atom. The summed E-state index contributed by atoms with van der Waals surface area (Å²) in [6.07, 6.45) is 1.63. The van der Waals surface area contributed by atoms with Crippen molar-refractivity contribution >= 4 is 5.91 Å². The molecule has 1 rings (SSSR count). The van der Waals surface area contributed by atoms with E-state index in [1.807, 2.05) is 11.9 Å². The molecule has 1 heterocycles. The summed E-state index contributed by atoms with van der Waals surface area (Å²) >= 11 is 0. The second-order valence-electron chi connectivity index (χ2n) is 4.90. The van der Waals surface area contributed by atoms with E-state index in [2.05, 4.69) is 17.4 Å². The van der Waals surface area contributed by atoms with Crippen LogP contribution in [-0.4, -0.2) is 54.6 Å². The van der Waals surface area contributed by atoms with Crippen molar-refractivity contribution in [3.63, 3.8) is 0 Å². The second kappa shape index (κ2) is 5.61. The van der Waals surface area contributed by atoms with Gasteiger partial charge in [0.25, 0.3) is 5.91 Å². The molecule has 1 amide bonds. The number of nitrogens with one attached hydrogen (secondary N) is 1. The van der Waals surface area contributed by atoms with E-state index in [4.69, 9.17) is 5.73 Å². The third-order valence-corrected chi connectivity index (χ3v) is 3.05. The molecule has 16 heavy (non-hydrogen) atoms. The fraction of sp³-hybridized carbons (Fsp3) is 0.909. The lowest BCUT2D eigenvalue weighted by Gasteiger charge is -2.34. The summed E-state index contributed by atoms with van der Waals surface area (Å²) in [5.74, 6) is -0.0705. The standard InChI is InChI=1S/C11H24N4O/c1-4-5-11(2,12)10(16)13-15-8-6-14(3)7-9-15/h4-9,12H2,1-3H3,(H,13,16). The minimum absolute atomic E-state index is 0.0705. The van der Waals surface area contributed by atoms with Crippen molar-refractivity contribution in [2.45, 2.75) is 32.2 Å². The lowest BCUT2D eigenvalue weighted by Crippen LogP contribution is -2.59. The molecule has 1 unspecified atom stereocenters. The maximum atomic E-state index is 11.9. The van der Waals surface area contributed by atoms with E-state index in [0.717, 1.165) is 32.6 Å². The van der Waals surface area contributed by atoms with Crippen molar-refractivity contribution in [2.75, 3.05) is 33.2 Å². The highest BCUT2D eigenvalue weighted by atomic mass is 16.2. The lowest BCUT2D eigenvalue weighted by atomic mass is 9.97. The smallest absolute Gasteiger partial charge is 0.254 e. The Morgan fingerprint density at radius 1 is 1.38 bits per heavy atom. The minimum atomic E-state index is -0.752. The molecule has 5 nitrogen and oxygen atoms in total. The van der Waals surface area contributed by atoms with Crippen molar-refractivity contribution in [3.8, 4) is 0 Å². The third kappa shape index (κ3) is 3.73. The lowest BCUT2D eigenvalue weighted by molar-refractivity contribution is -0.131. The number of carbonyl (C=O) groups excluding carboxylic acids is 1. The van der Waals surface area contributed by atoms with Gasteiger partial charge in [0, 0.05) is 26.2 Å². The topological polar surface area (TPSA) is 61.6 Å². The SMILES string of the molecule is CCCC(C)(N)C(=O)NN1CCN(C)CC1. The number of hydrazine groups is 1. The van der Waals surface area contributed by atoms with E-state index in [0.29, 0.717) is 6.42 Å². The zero-order valence-corrected chi connectivity index (χ0v) is 10.6. The van der Waals surface area contributed by atoms with Gasteiger partial charge in [0.1, 0.15) is 0 Å². The van der Waals surface area contributed by atoms with Gasteiger partial charge in [-0.2, -0.15) is 0 Å². The van der Waals surface area contributed by atoms with Crippen molar-refractivity contribution in [1.82, 2.24) is 15.3 Å². The van der Waals surface area contributed by atoms with E-state index in [1.165, 1.54) is 0 Å². The van der Waals surface area contributed by atoms with Crippen LogP contribution in [0.2, 0.25) is 0 Å². The van der Waals surface area contributed by atoms with Crippen molar-refractivity contribution in [3.05, 3.63) is 0 Å². The van der Waals surface area contributed by atoms with Gasteiger partial charge in [0.05, 0.1) is 5.54 Å². The molecule has 1 aliphatic rings. The van der Waals surface area contributed by atoms with Gasteiger partial charge in [-0.05, 0) is 20.4 Å². The number of carbonyl (C=O) groups is 1. The van der Waals surface area contributed by atoms with Crippen LogP contribution in [0, 0.1) is 0 Å². The van der Waals surface area contributed by atoms with Crippen LogP contribution >= 0.6 is 0 Å². The second-order valence-corrected chi connectivity index (χ2v) is 4.90. The highest BCUT2D eigenvalue weighted by Crippen LogP contribution is 2.09. The van der Waals surface area contributed by atoms with Gasteiger partial charge in [-0.1, -0.05) is 13.3 Å². The van der Waals surface area contributed by atoms with Gasteiger partial charge in [0.2, 0.25) is 0 Å². The van der Waals surface area contributed by atoms with Crippen molar-refractivity contribution in [2.24, 2.45) is 5.73 Å². The number of hydrogen-bond donors (Lipinski definition) is 2. The summed E-state index contributed by atoms with van der Waals surface area (Å²) in [4.78, 5) is 14.2. The highest BCUT2D eigenvalue weighted by molar-refractivity contribution is 5.85. The maximum absolute atomic E-state index is 11.9. The number of hydrogen-bond acceptors (Lipinski definition) is 4. The normalized spacial score (nSPS) is 22.8. The van der Waals surface area contributed by atoms with Gasteiger partial charge in [-0.15, -0.1) is 0 Å². The molecule has 0 aromatic rings. The zero-order chi connectivity index (χ0) is 12.2. The van der Waals surface area contributed by atoms with Gasteiger partial charge >= 0.3 is 0 Å². The molecular formula is C11H24N4O. The Balaban J connectivity index is 2.39. The first-order valence-corrected chi connectivity index (χ1v) is 5.99. The molecule has 0 spiro atoms. The predicted octanol–water partition coefficient (Wildman–Crippen LogP) is -0.217. The Hall–Kier alpha value is -0.650. The molecule has 5 heteroatoms. The van der Waals surface area contributed by atoms with Crippen LogP contribution in [-0.2, 0) is 4.79 Å². The summed E-state index contributed by atoms with van der Waals surface area (Å²) in [7, 11) is 2.09. The first-order chi connectivity index (χ1) is 7.45. The number of nitrogens with two attached hydrogens (primary N) is 1. The first-order valence-electron chi connectivity index (χ1n) is 5.99. The molecule has 0 bridgehead atoms. The molecule has 0 aliphatic carbocycles. The third-order valence-electron chi connectivity index (χ3n) is 3.05. The predicted molar refractivity (Wildman–Crippen MR) is 64.7 cm³/mol. The van der Waals surface area contributed by atoms with Crippen LogP contribution in [0.15, 0.2) is 0 Å². The van der Waals surface area contributed by atoms with E-state index in [1.54, 1.807) is 6.92 Å². The first kappa shape index (κ1) is 13.4. The highest BCUT2D eigenvalue weighted by Gasteiger charge is 2.29. The average molecular weight is 228 g/mol. The number of likely N-dealkylation sites (N-methyl/N-ethyl adjacent to an activating group) is 1. The minimum Gasteiger partial charge on any atom is -0.318 e. The number of piperazine rings is 1. The fourth-order valence-corrected chi connectivity index (χ4v) is 1.82. The summed E-state index contributed by atoms with van der Waals surface area (Å²) in [5, 5.41) is 1.96. The van der Waals surface area contributed by atoms with Crippen molar-refractivity contribution < 1.29 is 4.79 Å². The Morgan fingerprint density at radius 3 is 2.44 bits per heavy atom. The molecule has 0 aromatic heterocycles. The van der Waals surface area contributed by atoms with E-state index in [-0.39, 0.29) is 5.91 Å². The average Bonchev–Trinajstić information content (AvgIpc) is 2.21. The van der Waals surface area contributed by atoms with Gasteiger partial charge < -0.3 is 10.6 Å². The zero-order valence-electron chi connectivity index (χ0n) is 10.6. The molecule has 1 atom stereocenters. The van der Waals surface area contributed by atoms with Crippen molar-refractivity contribution in [1.29, 1.82) is 0 Å². The summed E-state index contributed by atoms with van der Waals surface area (Å²) in [5.41, 5.74) is 8.12. The van der Waals surface area contributed by atoms with E-state index < -0.39 is 5.54 Å². The van der Waals surface area contributed by atoms with E-state index >= 15 is 0 Å². The van der Waals surface area contributed by atoms with E-state index in [9.17, 15) is 4.79 Å². The summed E-state index contributed by atoms with van der Waals surface area (Å²) < 4.78 is 0. The molecule has 1 fully saturated rings. The van der Waals surface area contributed by atoms with Crippen LogP contribution < -0.4 is 11.2 Å². The molecule has 0 saturated carbocycles. The Bertz CT molecular complexity index is 234. The quantitative estimate of drug-likeness (QED) is 0.698. The van der Waals surface area contributed by atoms with Crippen LogP contribution in [0.1, 0.15) is 26.7 Å². The van der Waals surface area contributed by atoms with Crippen LogP contribution in [0.25, 0.3) is 0 Å². The maximum Gasteiger partial charge on any atom is 0.254 e. The van der Waals surface area contributed by atoms with Gasteiger partial charge in [-0.3, -0.25) is 10.2 Å². The monoisotopic (exact) mass is 228 g/mol. The molecule has 1 saturated heterocycles. The molecule has 94 valence electrons. The number of rotatable bonds is 4. The summed E-state index contributed by atoms with van der Waals surface area (Å²) in [6.45, 7) is 7.52. The van der Waals surface area contributed by atoms with Crippen LogP contribution in [0.4, 0.5) is 0 Å². The Kier molecular flexibility index (Phi) is 4.70. The number of nitrogens with zero attached hydrogens (tertiary/aromatic N) is 2. The fourth-order valence-electron chi connectivity index (χ4n) is 1.82.